The van der Waals surface area contributed by atoms with Crippen molar-refractivity contribution in [2.45, 2.75) is 34.1 Å². The third-order valence-electron chi connectivity index (χ3n) is 2.95. The van der Waals surface area contributed by atoms with Crippen LogP contribution in [0.3, 0.4) is 0 Å². The molecule has 0 aliphatic rings. The minimum Gasteiger partial charge on any atom is -0.369 e. The molecule has 0 amide bonds. The number of hydrogen-bond acceptors (Lipinski definition) is 4. The Morgan fingerprint density at radius 1 is 1.17 bits per heavy atom. The number of nitrogens with zero attached hydrogens (tertiary/aromatic N) is 3. The van der Waals surface area contributed by atoms with Crippen molar-refractivity contribution in [2.24, 2.45) is 0 Å². The van der Waals surface area contributed by atoms with E-state index >= 15 is 0 Å². The van der Waals surface area contributed by atoms with Crippen LogP contribution in [0.15, 0.2) is 0 Å². The van der Waals surface area contributed by atoms with Gasteiger partial charge in [-0.15, -0.1) is 0 Å². The quantitative estimate of drug-likeness (QED) is 0.758. The lowest BCUT2D eigenvalue weighted by Crippen LogP contribution is -2.26. The van der Waals surface area contributed by atoms with Crippen LogP contribution < -0.4 is 5.32 Å². The number of nitrogens with one attached hydrogen (secondary N) is 1. The molecule has 1 aromatic rings. The first-order chi connectivity index (χ1) is 8.62. The van der Waals surface area contributed by atoms with Gasteiger partial charge in [0.05, 0.1) is 9.26 Å². The first-order valence-electron chi connectivity index (χ1n) is 6.61. The maximum absolute atomic E-state index is 4.61. The van der Waals surface area contributed by atoms with Gasteiger partial charge in [0.25, 0.3) is 0 Å². The molecule has 1 N–H and O–H groups in total. The predicted octanol–water partition coefficient (Wildman–Crippen LogP) is 2.71. The van der Waals surface area contributed by atoms with Gasteiger partial charge in [-0.2, -0.15) is 0 Å². The van der Waals surface area contributed by atoms with E-state index < -0.39 is 0 Å². The molecule has 0 aliphatic carbocycles. The Morgan fingerprint density at radius 3 is 2.39 bits per heavy atom. The summed E-state index contributed by atoms with van der Waals surface area (Å²) in [5, 5.41) is 3.30. The highest BCUT2D eigenvalue weighted by molar-refractivity contribution is 14.1. The van der Waals surface area contributed by atoms with E-state index in [1.807, 2.05) is 6.92 Å². The molecule has 0 aromatic carbocycles. The molecule has 0 atom stereocenters. The van der Waals surface area contributed by atoms with E-state index in [0.29, 0.717) is 0 Å². The first-order valence-corrected chi connectivity index (χ1v) is 7.69. The van der Waals surface area contributed by atoms with Crippen molar-refractivity contribution < 1.29 is 0 Å². The molecule has 5 heteroatoms. The van der Waals surface area contributed by atoms with Crippen LogP contribution in [0.4, 0.5) is 5.82 Å². The van der Waals surface area contributed by atoms with E-state index in [4.69, 9.17) is 0 Å². The zero-order chi connectivity index (χ0) is 13.5. The van der Waals surface area contributed by atoms with Crippen molar-refractivity contribution >= 4 is 28.4 Å². The fourth-order valence-corrected chi connectivity index (χ4v) is 2.24. The molecular formula is C13H23IN4. The van der Waals surface area contributed by atoms with Crippen LogP contribution in [-0.2, 0) is 6.42 Å². The molecule has 1 heterocycles. The van der Waals surface area contributed by atoms with Crippen LogP contribution in [0.5, 0.6) is 0 Å². The fraction of sp³-hybridized carbons (Fsp3) is 0.692. The van der Waals surface area contributed by atoms with Crippen LogP contribution in [0, 0.1) is 10.5 Å². The third kappa shape index (κ3) is 4.35. The van der Waals surface area contributed by atoms with E-state index in [-0.39, 0.29) is 0 Å². The Hall–Kier alpha value is -0.430. The molecule has 0 saturated carbocycles. The van der Waals surface area contributed by atoms with Gasteiger partial charge in [-0.1, -0.05) is 13.8 Å². The third-order valence-corrected chi connectivity index (χ3v) is 4.24. The van der Waals surface area contributed by atoms with E-state index in [2.05, 4.69) is 63.5 Å². The number of likely N-dealkylation sites (N-methyl/N-ethyl adjacent to an activating group) is 1. The molecule has 4 nitrogen and oxygen atoms in total. The van der Waals surface area contributed by atoms with Gasteiger partial charge >= 0.3 is 0 Å². The van der Waals surface area contributed by atoms with E-state index in [1.54, 1.807) is 0 Å². The summed E-state index contributed by atoms with van der Waals surface area (Å²) in [5.74, 6) is 1.91. The summed E-state index contributed by atoms with van der Waals surface area (Å²) in [5.41, 5.74) is 1.07. The van der Waals surface area contributed by atoms with Gasteiger partial charge in [0, 0.05) is 19.5 Å². The average molecular weight is 362 g/mol. The molecule has 102 valence electrons. The summed E-state index contributed by atoms with van der Waals surface area (Å²) in [6.07, 6.45) is 0.915. The number of rotatable bonds is 7. The smallest absolute Gasteiger partial charge is 0.143 e. The number of aryl methyl sites for hydroxylation is 1. The highest BCUT2D eigenvalue weighted by Crippen LogP contribution is 2.18. The van der Waals surface area contributed by atoms with Crippen molar-refractivity contribution in [1.82, 2.24) is 14.9 Å². The van der Waals surface area contributed by atoms with Gasteiger partial charge in [0.2, 0.25) is 0 Å². The SMILES string of the molecule is CCNc1nc(CCN(CC)CC)nc(C)c1I. The summed E-state index contributed by atoms with van der Waals surface area (Å²) < 4.78 is 1.13. The van der Waals surface area contributed by atoms with Crippen LogP contribution >= 0.6 is 22.6 Å². The topological polar surface area (TPSA) is 41.1 Å². The first kappa shape index (κ1) is 15.6. The van der Waals surface area contributed by atoms with Gasteiger partial charge in [-0.05, 0) is 49.5 Å². The molecule has 0 saturated heterocycles. The van der Waals surface area contributed by atoms with Gasteiger partial charge in [0.1, 0.15) is 11.6 Å². The Bertz CT molecular complexity index is 377. The molecule has 0 radical (unpaired) electrons. The Labute approximate surface area is 124 Å². The second-order valence-electron chi connectivity index (χ2n) is 4.20. The standard InChI is InChI=1S/C13H23IN4/c1-5-15-13-12(14)10(4)16-11(17-13)8-9-18(6-2)7-3/h5-9H2,1-4H3,(H,15,16,17). The fourth-order valence-electron chi connectivity index (χ4n) is 1.81. The number of aromatic nitrogens is 2. The monoisotopic (exact) mass is 362 g/mol. The lowest BCUT2D eigenvalue weighted by atomic mass is 10.3. The normalized spacial score (nSPS) is 11.0. The van der Waals surface area contributed by atoms with Crippen LogP contribution in [0.2, 0.25) is 0 Å². The van der Waals surface area contributed by atoms with Crippen molar-refractivity contribution in [3.05, 3.63) is 15.1 Å². The summed E-state index contributed by atoms with van der Waals surface area (Å²) >= 11 is 2.30. The van der Waals surface area contributed by atoms with Gasteiger partial charge in [0.15, 0.2) is 0 Å². The Kier molecular flexibility index (Phi) is 6.85. The van der Waals surface area contributed by atoms with Gasteiger partial charge in [-0.3, -0.25) is 0 Å². The zero-order valence-electron chi connectivity index (χ0n) is 11.8. The largest absolute Gasteiger partial charge is 0.369 e. The van der Waals surface area contributed by atoms with Crippen molar-refractivity contribution in [3.8, 4) is 0 Å². The maximum Gasteiger partial charge on any atom is 0.143 e. The molecule has 1 aromatic heterocycles. The molecule has 0 unspecified atom stereocenters. The van der Waals surface area contributed by atoms with Crippen LogP contribution in [-0.4, -0.2) is 41.0 Å². The molecule has 1 rings (SSSR count). The highest BCUT2D eigenvalue weighted by atomic mass is 127. The van der Waals surface area contributed by atoms with Crippen LogP contribution in [0.25, 0.3) is 0 Å². The lowest BCUT2D eigenvalue weighted by molar-refractivity contribution is 0.305. The minimum atomic E-state index is 0.891. The van der Waals surface area contributed by atoms with E-state index in [0.717, 1.165) is 53.5 Å². The number of anilines is 1. The molecule has 0 aliphatic heterocycles. The van der Waals surface area contributed by atoms with Gasteiger partial charge in [-0.25, -0.2) is 9.97 Å². The molecule has 0 bridgehead atoms. The Balaban J connectivity index is 2.77. The zero-order valence-corrected chi connectivity index (χ0v) is 13.9. The second kappa shape index (κ2) is 7.89. The van der Waals surface area contributed by atoms with E-state index in [1.165, 1.54) is 0 Å². The number of halogens is 1. The second-order valence-corrected chi connectivity index (χ2v) is 5.27. The summed E-state index contributed by atoms with van der Waals surface area (Å²) in [6.45, 7) is 12.6. The summed E-state index contributed by atoms with van der Waals surface area (Å²) in [4.78, 5) is 11.6. The molecular weight excluding hydrogens is 339 g/mol. The number of hydrogen-bond donors (Lipinski definition) is 1. The molecule has 18 heavy (non-hydrogen) atoms. The molecule has 0 spiro atoms. The predicted molar refractivity (Wildman–Crippen MR) is 85.1 cm³/mol. The van der Waals surface area contributed by atoms with Gasteiger partial charge < -0.3 is 10.2 Å². The Morgan fingerprint density at radius 2 is 1.83 bits per heavy atom. The lowest BCUT2D eigenvalue weighted by Gasteiger charge is -2.17. The summed E-state index contributed by atoms with van der Waals surface area (Å²) in [7, 11) is 0. The van der Waals surface area contributed by atoms with Crippen molar-refractivity contribution in [3.63, 3.8) is 0 Å². The highest BCUT2D eigenvalue weighted by Gasteiger charge is 2.09. The minimum absolute atomic E-state index is 0.891. The average Bonchev–Trinajstić information content (AvgIpc) is 2.36. The van der Waals surface area contributed by atoms with Crippen molar-refractivity contribution in [2.75, 3.05) is 31.5 Å². The van der Waals surface area contributed by atoms with Crippen molar-refractivity contribution in [1.29, 1.82) is 0 Å². The molecule has 0 fully saturated rings. The van der Waals surface area contributed by atoms with Crippen LogP contribution in [0.1, 0.15) is 32.3 Å². The maximum atomic E-state index is 4.61. The van der Waals surface area contributed by atoms with E-state index in [9.17, 15) is 0 Å². The summed E-state index contributed by atoms with van der Waals surface area (Å²) in [6, 6.07) is 0.